The molecule has 1 heterocycles. The van der Waals surface area contributed by atoms with Crippen molar-refractivity contribution in [3.63, 3.8) is 0 Å². The molecule has 0 radical (unpaired) electrons. The lowest BCUT2D eigenvalue weighted by Gasteiger charge is -2.05. The van der Waals surface area contributed by atoms with Gasteiger partial charge in [-0.15, -0.1) is 0 Å². The zero-order valence-electron chi connectivity index (χ0n) is 17.7. The lowest BCUT2D eigenvalue weighted by atomic mass is 10.2. The summed E-state index contributed by atoms with van der Waals surface area (Å²) in [6.45, 7) is 14.1. The minimum Gasteiger partial charge on any atom is -0.494 e. The van der Waals surface area contributed by atoms with E-state index in [1.807, 2.05) is 77.9 Å². The summed E-state index contributed by atoms with van der Waals surface area (Å²) in [5.74, 6) is 0.948. The minimum absolute atomic E-state index is 0.535. The van der Waals surface area contributed by atoms with Gasteiger partial charge in [-0.3, -0.25) is 0 Å². The summed E-state index contributed by atoms with van der Waals surface area (Å²) in [6.07, 6.45) is 6.05. The number of ether oxygens (including phenoxy) is 2. The van der Waals surface area contributed by atoms with E-state index in [1.54, 1.807) is 6.26 Å². The molecule has 2 rings (SSSR count). The van der Waals surface area contributed by atoms with Gasteiger partial charge in [0.15, 0.2) is 0 Å². The van der Waals surface area contributed by atoms with Gasteiger partial charge < -0.3 is 14.0 Å². The molecule has 0 saturated carbocycles. The Balaban J connectivity index is 0. The molecule has 0 amide bonds. The van der Waals surface area contributed by atoms with Crippen molar-refractivity contribution in [3.05, 3.63) is 48.4 Å². The van der Waals surface area contributed by atoms with Crippen molar-refractivity contribution in [2.24, 2.45) is 0 Å². The predicted molar refractivity (Wildman–Crippen MR) is 111 cm³/mol. The summed E-state index contributed by atoms with van der Waals surface area (Å²) in [6, 6.07) is 11.8. The Kier molecular flexibility index (Phi) is 23.6. The van der Waals surface area contributed by atoms with Crippen LogP contribution < -0.4 is 4.74 Å². The molecular weight excluding hydrogens is 326 g/mol. The zero-order chi connectivity index (χ0) is 19.9. The predicted octanol–water partition coefficient (Wildman–Crippen LogP) is 6.91. The number of aromatic nitrogens is 1. The van der Waals surface area contributed by atoms with Crippen LogP contribution in [-0.2, 0) is 11.3 Å². The van der Waals surface area contributed by atoms with E-state index in [-0.39, 0.29) is 0 Å². The number of hydrogen-bond acceptors (Lipinski definition) is 4. The van der Waals surface area contributed by atoms with Crippen LogP contribution in [0.2, 0.25) is 0 Å². The van der Waals surface area contributed by atoms with Crippen LogP contribution in [0.4, 0.5) is 0 Å². The van der Waals surface area contributed by atoms with E-state index in [9.17, 15) is 0 Å². The summed E-state index contributed by atoms with van der Waals surface area (Å²) < 4.78 is 15.9. The first-order chi connectivity index (χ1) is 12.9. The Morgan fingerprint density at radius 1 is 0.769 bits per heavy atom. The minimum atomic E-state index is 0.535. The molecule has 0 saturated heterocycles. The molecule has 1 aromatic heterocycles. The number of nitrogens with zero attached hydrogens (tertiary/aromatic N) is 1. The van der Waals surface area contributed by atoms with Crippen LogP contribution in [0, 0.1) is 0 Å². The zero-order valence-corrected chi connectivity index (χ0v) is 17.7. The fourth-order valence-corrected chi connectivity index (χ4v) is 1.86. The van der Waals surface area contributed by atoms with Crippen molar-refractivity contribution < 1.29 is 14.0 Å². The van der Waals surface area contributed by atoms with Crippen LogP contribution in [0.25, 0.3) is 0 Å². The molecule has 0 spiro atoms. The SMILES string of the molecule is CC.CC.CC.c1ccc(OCCCCCCOCc2ccon2)cc1. The van der Waals surface area contributed by atoms with Crippen LogP contribution >= 0.6 is 0 Å². The van der Waals surface area contributed by atoms with Crippen molar-refractivity contribution in [1.29, 1.82) is 0 Å². The van der Waals surface area contributed by atoms with E-state index in [2.05, 4.69) is 5.16 Å². The molecule has 0 aliphatic carbocycles. The first kappa shape index (κ1) is 26.4. The molecular formula is C22H39NO3. The third-order valence-corrected chi connectivity index (χ3v) is 2.94. The third kappa shape index (κ3) is 15.7. The Labute approximate surface area is 160 Å². The molecule has 0 N–H and O–H groups in total. The third-order valence-electron chi connectivity index (χ3n) is 2.94. The van der Waals surface area contributed by atoms with E-state index < -0.39 is 0 Å². The average molecular weight is 366 g/mol. The molecule has 0 aliphatic rings. The second-order valence-corrected chi connectivity index (χ2v) is 4.62. The first-order valence-electron chi connectivity index (χ1n) is 10.1. The summed E-state index contributed by atoms with van der Waals surface area (Å²) in [5, 5.41) is 3.79. The average Bonchev–Trinajstić information content (AvgIpc) is 3.26. The fraction of sp³-hybridized carbons (Fsp3) is 0.591. The van der Waals surface area contributed by atoms with E-state index in [0.29, 0.717) is 6.61 Å². The summed E-state index contributed by atoms with van der Waals surface area (Å²) in [4.78, 5) is 0. The van der Waals surface area contributed by atoms with Gasteiger partial charge in [-0.05, 0) is 31.4 Å². The van der Waals surface area contributed by atoms with Gasteiger partial charge in [0.2, 0.25) is 0 Å². The van der Waals surface area contributed by atoms with Crippen LogP contribution in [0.3, 0.4) is 0 Å². The smallest absolute Gasteiger partial charge is 0.124 e. The molecule has 0 unspecified atom stereocenters. The van der Waals surface area contributed by atoms with Crippen LogP contribution in [0.5, 0.6) is 5.75 Å². The van der Waals surface area contributed by atoms with Crippen molar-refractivity contribution >= 4 is 0 Å². The summed E-state index contributed by atoms with van der Waals surface area (Å²) >= 11 is 0. The number of para-hydroxylation sites is 1. The molecule has 1 aromatic carbocycles. The Hall–Kier alpha value is -1.81. The van der Waals surface area contributed by atoms with Gasteiger partial charge in [0, 0.05) is 12.7 Å². The monoisotopic (exact) mass is 365 g/mol. The van der Waals surface area contributed by atoms with Gasteiger partial charge in [-0.2, -0.15) is 0 Å². The van der Waals surface area contributed by atoms with Crippen LogP contribution in [0.15, 0.2) is 47.2 Å². The standard InChI is InChI=1S/C16H21NO3.3C2H6/c1(6-11-18-14-15-10-13-20-17-15)2-7-12-19-16-8-4-3-5-9-16;3*1-2/h3-5,8-10,13H,1-2,6-7,11-12,14H2;3*1-2H3. The van der Waals surface area contributed by atoms with E-state index in [4.69, 9.17) is 14.0 Å². The molecule has 2 aromatic rings. The quantitative estimate of drug-likeness (QED) is 0.429. The molecule has 26 heavy (non-hydrogen) atoms. The molecule has 4 heteroatoms. The second kappa shape index (κ2) is 23.2. The van der Waals surface area contributed by atoms with Gasteiger partial charge >= 0.3 is 0 Å². The molecule has 4 nitrogen and oxygen atoms in total. The maximum absolute atomic E-state index is 5.63. The van der Waals surface area contributed by atoms with Gasteiger partial charge in [-0.1, -0.05) is 71.3 Å². The lowest BCUT2D eigenvalue weighted by Crippen LogP contribution is -1.98. The van der Waals surface area contributed by atoms with E-state index in [1.165, 1.54) is 6.42 Å². The maximum Gasteiger partial charge on any atom is 0.124 e. The first-order valence-corrected chi connectivity index (χ1v) is 10.1. The number of rotatable bonds is 10. The number of benzene rings is 1. The fourth-order valence-electron chi connectivity index (χ4n) is 1.86. The molecule has 0 atom stereocenters. The highest BCUT2D eigenvalue weighted by Gasteiger charge is 1.97. The van der Waals surface area contributed by atoms with E-state index in [0.717, 1.165) is 43.9 Å². The van der Waals surface area contributed by atoms with Crippen molar-refractivity contribution in [1.82, 2.24) is 5.16 Å². The maximum atomic E-state index is 5.63. The highest BCUT2D eigenvalue weighted by molar-refractivity contribution is 5.20. The van der Waals surface area contributed by atoms with Gasteiger partial charge in [0.1, 0.15) is 17.7 Å². The summed E-state index contributed by atoms with van der Waals surface area (Å²) in [5.41, 5.74) is 0.848. The topological polar surface area (TPSA) is 44.5 Å². The van der Waals surface area contributed by atoms with Gasteiger partial charge in [0.25, 0.3) is 0 Å². The van der Waals surface area contributed by atoms with E-state index >= 15 is 0 Å². The van der Waals surface area contributed by atoms with Crippen LogP contribution in [0.1, 0.15) is 72.9 Å². The lowest BCUT2D eigenvalue weighted by molar-refractivity contribution is 0.111. The normalized spacial score (nSPS) is 8.85. The highest BCUT2D eigenvalue weighted by atomic mass is 16.5. The molecule has 0 fully saturated rings. The molecule has 150 valence electrons. The van der Waals surface area contributed by atoms with Crippen molar-refractivity contribution in [2.45, 2.75) is 73.8 Å². The van der Waals surface area contributed by atoms with Crippen molar-refractivity contribution in [2.75, 3.05) is 13.2 Å². The molecule has 0 aliphatic heterocycles. The summed E-state index contributed by atoms with van der Waals surface area (Å²) in [7, 11) is 0. The van der Waals surface area contributed by atoms with Crippen LogP contribution in [-0.4, -0.2) is 18.4 Å². The Morgan fingerprint density at radius 3 is 1.96 bits per heavy atom. The molecule has 0 bridgehead atoms. The van der Waals surface area contributed by atoms with Gasteiger partial charge in [0.05, 0.1) is 13.2 Å². The Morgan fingerprint density at radius 2 is 1.38 bits per heavy atom. The largest absolute Gasteiger partial charge is 0.494 e. The van der Waals surface area contributed by atoms with Gasteiger partial charge in [-0.25, -0.2) is 0 Å². The number of unbranched alkanes of at least 4 members (excludes halogenated alkanes) is 3. The Bertz CT molecular complexity index is 444. The second-order valence-electron chi connectivity index (χ2n) is 4.62. The highest BCUT2D eigenvalue weighted by Crippen LogP contribution is 2.09. The van der Waals surface area contributed by atoms with Crippen molar-refractivity contribution in [3.8, 4) is 5.75 Å². The number of hydrogen-bond donors (Lipinski definition) is 0.